The summed E-state index contributed by atoms with van der Waals surface area (Å²) in [6, 6.07) is 8.70. The second-order valence-corrected chi connectivity index (χ2v) is 4.97. The number of ether oxygens (including phenoxy) is 1. The van der Waals surface area contributed by atoms with Gasteiger partial charge in [0.1, 0.15) is 0 Å². The van der Waals surface area contributed by atoms with Gasteiger partial charge in [0.25, 0.3) is 0 Å². The lowest BCUT2D eigenvalue weighted by molar-refractivity contribution is -0.0259. The topological polar surface area (TPSA) is 9.23 Å². The first kappa shape index (κ1) is 11.4. The van der Waals surface area contributed by atoms with E-state index >= 15 is 0 Å². The van der Waals surface area contributed by atoms with Crippen LogP contribution in [0.5, 0.6) is 0 Å². The van der Waals surface area contributed by atoms with Crippen LogP contribution in [0, 0.1) is 6.92 Å². The molecule has 0 fully saturated rings. The summed E-state index contributed by atoms with van der Waals surface area (Å²) in [6.07, 6.45) is 4.46. The summed E-state index contributed by atoms with van der Waals surface area (Å²) >= 11 is 0. The van der Waals surface area contributed by atoms with Gasteiger partial charge in [0.2, 0.25) is 0 Å². The molecular formula is C15H20O. The summed E-state index contributed by atoms with van der Waals surface area (Å²) in [5, 5.41) is 0. The summed E-state index contributed by atoms with van der Waals surface area (Å²) in [6.45, 7) is 7.21. The number of benzene rings is 1. The fourth-order valence-electron chi connectivity index (χ4n) is 2.13. The van der Waals surface area contributed by atoms with Gasteiger partial charge in [0.15, 0.2) is 0 Å². The SMILES string of the molecule is CC1=CCCC(C)(c2ccc(C)cc2)OC1. The standard InChI is InChI=1S/C15H20O/c1-12-6-8-14(9-7-12)15(3)10-4-5-13(2)11-16-15/h5-9H,4,10-11H2,1-3H3. The quantitative estimate of drug-likeness (QED) is 0.645. The van der Waals surface area contributed by atoms with Crippen LogP contribution in [-0.4, -0.2) is 6.61 Å². The van der Waals surface area contributed by atoms with Crippen molar-refractivity contribution >= 4 is 0 Å². The first-order chi connectivity index (χ1) is 7.60. The van der Waals surface area contributed by atoms with Crippen molar-refractivity contribution in [3.63, 3.8) is 0 Å². The van der Waals surface area contributed by atoms with Crippen LogP contribution in [0.3, 0.4) is 0 Å². The highest BCUT2D eigenvalue weighted by atomic mass is 16.5. The van der Waals surface area contributed by atoms with Gasteiger partial charge in [-0.05, 0) is 39.2 Å². The Morgan fingerprint density at radius 1 is 1.12 bits per heavy atom. The van der Waals surface area contributed by atoms with Crippen LogP contribution in [0.25, 0.3) is 0 Å². The van der Waals surface area contributed by atoms with E-state index in [-0.39, 0.29) is 5.60 Å². The van der Waals surface area contributed by atoms with E-state index in [4.69, 9.17) is 4.74 Å². The van der Waals surface area contributed by atoms with Gasteiger partial charge in [0, 0.05) is 0 Å². The normalized spacial score (nSPS) is 26.1. The molecule has 0 bridgehead atoms. The first-order valence-corrected chi connectivity index (χ1v) is 5.97. The van der Waals surface area contributed by atoms with Crippen LogP contribution < -0.4 is 0 Å². The second-order valence-electron chi connectivity index (χ2n) is 4.97. The molecule has 0 radical (unpaired) electrons. The van der Waals surface area contributed by atoms with Gasteiger partial charge >= 0.3 is 0 Å². The summed E-state index contributed by atoms with van der Waals surface area (Å²) < 4.78 is 6.06. The highest BCUT2D eigenvalue weighted by molar-refractivity contribution is 5.27. The molecule has 16 heavy (non-hydrogen) atoms. The number of allylic oxidation sites excluding steroid dienone is 1. The average Bonchev–Trinajstić information content (AvgIpc) is 2.43. The van der Waals surface area contributed by atoms with Crippen molar-refractivity contribution in [2.45, 2.75) is 39.2 Å². The Bertz CT molecular complexity index is 388. The fourth-order valence-corrected chi connectivity index (χ4v) is 2.13. The van der Waals surface area contributed by atoms with Gasteiger partial charge in [-0.25, -0.2) is 0 Å². The molecular weight excluding hydrogens is 196 g/mol. The summed E-state index contributed by atoms with van der Waals surface area (Å²) in [7, 11) is 0. The van der Waals surface area contributed by atoms with Crippen LogP contribution >= 0.6 is 0 Å². The van der Waals surface area contributed by atoms with Crippen molar-refractivity contribution < 1.29 is 4.74 Å². The maximum absolute atomic E-state index is 6.06. The number of rotatable bonds is 1. The lowest BCUT2D eigenvalue weighted by Gasteiger charge is -2.29. The lowest BCUT2D eigenvalue weighted by Crippen LogP contribution is -2.25. The van der Waals surface area contributed by atoms with Crippen molar-refractivity contribution in [3.8, 4) is 0 Å². The molecule has 1 unspecified atom stereocenters. The molecule has 1 aromatic carbocycles. The maximum Gasteiger partial charge on any atom is 0.0910 e. The van der Waals surface area contributed by atoms with Gasteiger partial charge in [-0.2, -0.15) is 0 Å². The molecule has 1 heteroatoms. The van der Waals surface area contributed by atoms with E-state index in [2.05, 4.69) is 51.1 Å². The van der Waals surface area contributed by atoms with Gasteiger partial charge < -0.3 is 4.74 Å². The Morgan fingerprint density at radius 3 is 2.50 bits per heavy atom. The van der Waals surface area contributed by atoms with Crippen molar-refractivity contribution in [1.82, 2.24) is 0 Å². The van der Waals surface area contributed by atoms with Gasteiger partial charge in [-0.3, -0.25) is 0 Å². The van der Waals surface area contributed by atoms with Crippen LogP contribution in [0.4, 0.5) is 0 Å². The molecule has 0 spiro atoms. The zero-order valence-corrected chi connectivity index (χ0v) is 10.4. The minimum atomic E-state index is -0.123. The zero-order chi connectivity index (χ0) is 11.6. The number of hydrogen-bond acceptors (Lipinski definition) is 1. The maximum atomic E-state index is 6.06. The minimum absolute atomic E-state index is 0.123. The highest BCUT2D eigenvalue weighted by Crippen LogP contribution is 2.33. The first-order valence-electron chi connectivity index (χ1n) is 5.97. The largest absolute Gasteiger partial charge is 0.366 e. The summed E-state index contributed by atoms with van der Waals surface area (Å²) in [5.41, 5.74) is 3.81. The van der Waals surface area contributed by atoms with E-state index in [0.29, 0.717) is 0 Å². The van der Waals surface area contributed by atoms with Crippen LogP contribution in [0.1, 0.15) is 37.8 Å². The summed E-state index contributed by atoms with van der Waals surface area (Å²) in [5.74, 6) is 0. The molecule has 0 aromatic heterocycles. The second kappa shape index (κ2) is 4.42. The number of hydrogen-bond donors (Lipinski definition) is 0. The van der Waals surface area contributed by atoms with E-state index < -0.39 is 0 Å². The molecule has 0 amide bonds. The Balaban J connectivity index is 2.22. The third-order valence-corrected chi connectivity index (χ3v) is 3.39. The van der Waals surface area contributed by atoms with E-state index in [1.165, 1.54) is 16.7 Å². The van der Waals surface area contributed by atoms with Gasteiger partial charge in [0.05, 0.1) is 12.2 Å². The third-order valence-electron chi connectivity index (χ3n) is 3.39. The molecule has 86 valence electrons. The van der Waals surface area contributed by atoms with Crippen LogP contribution in [-0.2, 0) is 10.3 Å². The lowest BCUT2D eigenvalue weighted by atomic mass is 9.90. The zero-order valence-electron chi connectivity index (χ0n) is 10.4. The molecule has 1 aliphatic rings. The van der Waals surface area contributed by atoms with E-state index in [9.17, 15) is 0 Å². The van der Waals surface area contributed by atoms with E-state index in [1.54, 1.807) is 0 Å². The molecule has 1 aromatic rings. The Hall–Kier alpha value is -1.08. The molecule has 1 nitrogen and oxygen atoms in total. The summed E-state index contributed by atoms with van der Waals surface area (Å²) in [4.78, 5) is 0. The molecule has 1 aliphatic heterocycles. The van der Waals surface area contributed by atoms with Gasteiger partial charge in [-0.1, -0.05) is 41.5 Å². The average molecular weight is 216 g/mol. The monoisotopic (exact) mass is 216 g/mol. The molecule has 2 rings (SSSR count). The van der Waals surface area contributed by atoms with Crippen molar-refractivity contribution in [3.05, 3.63) is 47.0 Å². The van der Waals surface area contributed by atoms with Crippen molar-refractivity contribution in [1.29, 1.82) is 0 Å². The van der Waals surface area contributed by atoms with Crippen molar-refractivity contribution in [2.24, 2.45) is 0 Å². The molecule has 0 aliphatic carbocycles. The highest BCUT2D eigenvalue weighted by Gasteiger charge is 2.28. The third kappa shape index (κ3) is 2.35. The van der Waals surface area contributed by atoms with E-state index in [0.717, 1.165) is 19.4 Å². The minimum Gasteiger partial charge on any atom is -0.366 e. The smallest absolute Gasteiger partial charge is 0.0910 e. The Labute approximate surface area is 98.1 Å². The predicted molar refractivity (Wildman–Crippen MR) is 67.5 cm³/mol. The van der Waals surface area contributed by atoms with E-state index in [1.807, 2.05) is 0 Å². The van der Waals surface area contributed by atoms with Crippen molar-refractivity contribution in [2.75, 3.05) is 6.61 Å². The van der Waals surface area contributed by atoms with Crippen LogP contribution in [0.15, 0.2) is 35.9 Å². The Morgan fingerprint density at radius 2 is 1.81 bits per heavy atom. The fraction of sp³-hybridized carbons (Fsp3) is 0.467. The van der Waals surface area contributed by atoms with Gasteiger partial charge in [-0.15, -0.1) is 0 Å². The molecule has 0 N–H and O–H groups in total. The molecule has 1 atom stereocenters. The van der Waals surface area contributed by atoms with Crippen LogP contribution in [0.2, 0.25) is 0 Å². The molecule has 0 saturated heterocycles. The molecule has 1 heterocycles. The predicted octanol–water partition coefficient (Wildman–Crippen LogP) is 3.97. The number of aryl methyl sites for hydroxylation is 1. The molecule has 0 saturated carbocycles. The Kier molecular flexibility index (Phi) is 3.15.